The number of nitrogens with one attached hydrogen (secondary N) is 1. The van der Waals surface area contributed by atoms with Crippen molar-refractivity contribution < 1.29 is 14.3 Å². The number of carbonyl (C=O) groups excluding carboxylic acids is 2. The third kappa shape index (κ3) is 5.74. The van der Waals surface area contributed by atoms with Gasteiger partial charge in [-0.2, -0.15) is 0 Å². The molecular weight excluding hydrogens is 384 g/mol. The number of nitrogens with zero attached hydrogens (tertiary/aromatic N) is 1. The summed E-state index contributed by atoms with van der Waals surface area (Å²) in [6.45, 7) is 4.30. The maximum atomic E-state index is 12.2. The van der Waals surface area contributed by atoms with Crippen molar-refractivity contribution in [3.8, 4) is 10.6 Å². The molecule has 5 nitrogen and oxygen atoms in total. The minimum absolute atomic E-state index is 0.177. The predicted octanol–water partition coefficient (Wildman–Crippen LogP) is 4.45. The molecule has 1 heterocycles. The van der Waals surface area contributed by atoms with Crippen LogP contribution in [-0.4, -0.2) is 30.0 Å². The molecular formula is C23H24N2O3S. The molecule has 2 aromatic carbocycles. The largest absolute Gasteiger partial charge is 0.451 e. The molecule has 1 N–H and O–H groups in total. The zero-order valence-corrected chi connectivity index (χ0v) is 17.4. The van der Waals surface area contributed by atoms with Gasteiger partial charge in [-0.05, 0) is 23.5 Å². The Hall–Kier alpha value is -2.99. The van der Waals surface area contributed by atoms with Crippen molar-refractivity contribution in [3.63, 3.8) is 0 Å². The van der Waals surface area contributed by atoms with E-state index in [1.54, 1.807) is 5.38 Å². The summed E-state index contributed by atoms with van der Waals surface area (Å²) < 4.78 is 5.11. The van der Waals surface area contributed by atoms with Crippen LogP contribution >= 0.6 is 11.3 Å². The quantitative estimate of drug-likeness (QED) is 0.559. The van der Waals surface area contributed by atoms with Crippen molar-refractivity contribution in [2.75, 3.05) is 13.2 Å². The van der Waals surface area contributed by atoms with Crippen LogP contribution < -0.4 is 5.32 Å². The van der Waals surface area contributed by atoms with Crippen molar-refractivity contribution >= 4 is 23.2 Å². The summed E-state index contributed by atoms with van der Waals surface area (Å²) in [4.78, 5) is 28.5. The fourth-order valence-corrected chi connectivity index (χ4v) is 3.60. The molecule has 0 fully saturated rings. The smallest absolute Gasteiger partial charge is 0.358 e. The van der Waals surface area contributed by atoms with Crippen LogP contribution in [-0.2, 0) is 16.0 Å². The highest BCUT2D eigenvalue weighted by molar-refractivity contribution is 7.13. The second-order valence-corrected chi connectivity index (χ2v) is 7.64. The maximum absolute atomic E-state index is 12.2. The van der Waals surface area contributed by atoms with Gasteiger partial charge in [-0.3, -0.25) is 4.79 Å². The van der Waals surface area contributed by atoms with Crippen molar-refractivity contribution in [1.29, 1.82) is 0 Å². The molecule has 0 bridgehead atoms. The first-order chi connectivity index (χ1) is 14.1. The van der Waals surface area contributed by atoms with Crippen molar-refractivity contribution in [3.05, 3.63) is 76.8 Å². The molecule has 0 radical (unpaired) electrons. The summed E-state index contributed by atoms with van der Waals surface area (Å²) in [5, 5.41) is 5.20. The molecule has 0 aliphatic rings. The summed E-state index contributed by atoms with van der Waals surface area (Å²) in [5.41, 5.74) is 3.57. The minimum atomic E-state index is -0.594. The first-order valence-corrected chi connectivity index (χ1v) is 10.5. The Labute approximate surface area is 174 Å². The number of esters is 1. The second-order valence-electron chi connectivity index (χ2n) is 6.78. The molecule has 0 spiro atoms. The molecule has 1 atom stereocenters. The van der Waals surface area contributed by atoms with Crippen LogP contribution in [0.1, 0.15) is 41.4 Å². The van der Waals surface area contributed by atoms with E-state index < -0.39 is 5.97 Å². The van der Waals surface area contributed by atoms with E-state index in [-0.39, 0.29) is 24.1 Å². The summed E-state index contributed by atoms with van der Waals surface area (Å²) in [5.74, 6) is -0.744. The lowest BCUT2D eigenvalue weighted by atomic mass is 10.0. The van der Waals surface area contributed by atoms with Crippen LogP contribution in [0.25, 0.3) is 10.6 Å². The van der Waals surface area contributed by atoms with Gasteiger partial charge in [0.15, 0.2) is 12.3 Å². The van der Waals surface area contributed by atoms with Gasteiger partial charge in [-0.15, -0.1) is 11.3 Å². The van der Waals surface area contributed by atoms with Gasteiger partial charge in [-0.1, -0.05) is 68.4 Å². The van der Waals surface area contributed by atoms with E-state index in [2.05, 4.69) is 29.4 Å². The van der Waals surface area contributed by atoms with E-state index in [1.165, 1.54) is 16.9 Å². The number of benzene rings is 2. The van der Waals surface area contributed by atoms with E-state index in [4.69, 9.17) is 4.74 Å². The lowest BCUT2D eigenvalue weighted by Gasteiger charge is -2.13. The third-order valence-corrected chi connectivity index (χ3v) is 5.52. The fraction of sp³-hybridized carbons (Fsp3) is 0.261. The summed E-state index contributed by atoms with van der Waals surface area (Å²) >= 11 is 1.38. The van der Waals surface area contributed by atoms with E-state index in [1.807, 2.05) is 49.4 Å². The predicted molar refractivity (Wildman–Crippen MR) is 115 cm³/mol. The molecule has 1 aromatic heterocycles. The van der Waals surface area contributed by atoms with Crippen molar-refractivity contribution in [2.45, 2.75) is 26.2 Å². The average Bonchev–Trinajstić information content (AvgIpc) is 3.27. The number of hydrogen-bond acceptors (Lipinski definition) is 5. The number of amides is 1. The van der Waals surface area contributed by atoms with Gasteiger partial charge >= 0.3 is 5.97 Å². The van der Waals surface area contributed by atoms with E-state index in [0.717, 1.165) is 22.6 Å². The van der Waals surface area contributed by atoms with Gasteiger partial charge in [0.05, 0.1) is 0 Å². The van der Waals surface area contributed by atoms with Crippen molar-refractivity contribution in [1.82, 2.24) is 10.3 Å². The van der Waals surface area contributed by atoms with E-state index in [0.29, 0.717) is 6.54 Å². The third-order valence-electron chi connectivity index (χ3n) is 4.63. The Morgan fingerprint density at radius 3 is 2.52 bits per heavy atom. The zero-order chi connectivity index (χ0) is 20.6. The molecule has 3 rings (SSSR count). The summed E-state index contributed by atoms with van der Waals surface area (Å²) in [6, 6.07) is 18.0. The van der Waals surface area contributed by atoms with Crippen LogP contribution in [0.15, 0.2) is 60.0 Å². The topological polar surface area (TPSA) is 68.3 Å². The molecule has 6 heteroatoms. The monoisotopic (exact) mass is 408 g/mol. The van der Waals surface area contributed by atoms with Crippen LogP contribution in [0.5, 0.6) is 0 Å². The summed E-state index contributed by atoms with van der Waals surface area (Å²) in [7, 11) is 0. The van der Waals surface area contributed by atoms with Gasteiger partial charge in [0.1, 0.15) is 5.01 Å². The second kappa shape index (κ2) is 9.98. The molecule has 1 amide bonds. The summed E-state index contributed by atoms with van der Waals surface area (Å²) in [6.07, 6.45) is 0.974. The van der Waals surface area contributed by atoms with E-state index in [9.17, 15) is 9.59 Å². The van der Waals surface area contributed by atoms with Gasteiger partial charge in [0, 0.05) is 17.5 Å². The zero-order valence-electron chi connectivity index (χ0n) is 16.6. The molecule has 0 saturated carbocycles. The highest BCUT2D eigenvalue weighted by Gasteiger charge is 2.15. The SMILES string of the molecule is CCc1ccc(-c2nc(C(=O)OCC(=O)NC[C@@H](C)c3ccccc3)cs2)cc1. The molecule has 0 saturated heterocycles. The highest BCUT2D eigenvalue weighted by Crippen LogP contribution is 2.24. The minimum Gasteiger partial charge on any atom is -0.451 e. The Morgan fingerprint density at radius 1 is 1.10 bits per heavy atom. The highest BCUT2D eigenvalue weighted by atomic mass is 32.1. The van der Waals surface area contributed by atoms with Gasteiger partial charge < -0.3 is 10.1 Å². The fourth-order valence-electron chi connectivity index (χ4n) is 2.81. The van der Waals surface area contributed by atoms with Crippen LogP contribution in [0, 0.1) is 0 Å². The molecule has 0 unspecified atom stereocenters. The Morgan fingerprint density at radius 2 is 1.83 bits per heavy atom. The Bertz CT molecular complexity index is 952. The number of hydrogen-bond donors (Lipinski definition) is 1. The number of aromatic nitrogens is 1. The van der Waals surface area contributed by atoms with Crippen LogP contribution in [0.2, 0.25) is 0 Å². The maximum Gasteiger partial charge on any atom is 0.358 e. The van der Waals surface area contributed by atoms with Gasteiger partial charge in [-0.25, -0.2) is 9.78 Å². The first kappa shape index (κ1) is 20.7. The average molecular weight is 409 g/mol. The molecule has 150 valence electrons. The molecule has 0 aliphatic heterocycles. The first-order valence-electron chi connectivity index (χ1n) is 9.60. The molecule has 29 heavy (non-hydrogen) atoms. The standard InChI is InChI=1S/C23H24N2O3S/c1-3-17-9-11-19(12-10-17)22-25-20(15-29-22)23(27)28-14-21(26)24-13-16(2)18-7-5-4-6-8-18/h4-12,15-16H,3,13-14H2,1-2H3,(H,24,26)/t16-/m1/s1. The number of carbonyl (C=O) groups is 2. The molecule has 3 aromatic rings. The number of ether oxygens (including phenoxy) is 1. The van der Waals surface area contributed by atoms with Gasteiger partial charge in [0.2, 0.25) is 0 Å². The normalized spacial score (nSPS) is 11.7. The lowest BCUT2D eigenvalue weighted by molar-refractivity contribution is -0.124. The number of aryl methyl sites for hydroxylation is 1. The number of rotatable bonds is 8. The molecule has 0 aliphatic carbocycles. The van der Waals surface area contributed by atoms with Crippen molar-refractivity contribution in [2.24, 2.45) is 0 Å². The van der Waals surface area contributed by atoms with Gasteiger partial charge in [0.25, 0.3) is 5.91 Å². The lowest BCUT2D eigenvalue weighted by Crippen LogP contribution is -2.31. The van der Waals surface area contributed by atoms with Crippen LogP contribution in [0.4, 0.5) is 0 Å². The Kier molecular flexibility index (Phi) is 7.14. The van der Waals surface area contributed by atoms with Crippen LogP contribution in [0.3, 0.4) is 0 Å². The Balaban J connectivity index is 1.47. The van der Waals surface area contributed by atoms with E-state index >= 15 is 0 Å². The number of thiazole rings is 1.